The quantitative estimate of drug-likeness (QED) is 0.682. The van der Waals surface area contributed by atoms with Crippen molar-refractivity contribution in [3.63, 3.8) is 0 Å². The Bertz CT molecular complexity index is 767. The fourth-order valence-electron chi connectivity index (χ4n) is 2.18. The Morgan fingerprint density at radius 1 is 1.30 bits per heavy atom. The van der Waals surface area contributed by atoms with E-state index in [2.05, 4.69) is 26.0 Å². The molecule has 0 bridgehead atoms. The number of halogens is 1. The van der Waals surface area contributed by atoms with Crippen molar-refractivity contribution >= 4 is 26.8 Å². The highest BCUT2D eigenvalue weighted by Crippen LogP contribution is 2.30. The van der Waals surface area contributed by atoms with E-state index in [1.807, 2.05) is 44.3 Å². The Morgan fingerprint density at radius 3 is 2.95 bits per heavy atom. The summed E-state index contributed by atoms with van der Waals surface area (Å²) < 4.78 is 7.75. The molecule has 102 valence electrons. The Balaban J connectivity index is 2.01. The van der Waals surface area contributed by atoms with Gasteiger partial charge < -0.3 is 4.74 Å². The fraction of sp³-hybridized carbons (Fsp3) is 0.200. The predicted molar refractivity (Wildman–Crippen MR) is 82.4 cm³/mol. The molecule has 0 N–H and O–H groups in total. The molecule has 0 saturated carbocycles. The van der Waals surface area contributed by atoms with Crippen molar-refractivity contribution in [3.05, 3.63) is 47.8 Å². The van der Waals surface area contributed by atoms with Gasteiger partial charge in [-0.25, -0.2) is 4.68 Å². The van der Waals surface area contributed by atoms with Crippen molar-refractivity contribution < 1.29 is 4.74 Å². The number of aryl methyl sites for hydroxylation is 2. The van der Waals surface area contributed by atoms with Gasteiger partial charge >= 0.3 is 0 Å². The van der Waals surface area contributed by atoms with Crippen LogP contribution in [0.25, 0.3) is 10.9 Å². The third-order valence-electron chi connectivity index (χ3n) is 3.21. The molecule has 0 fully saturated rings. The summed E-state index contributed by atoms with van der Waals surface area (Å²) in [5.41, 5.74) is 2.95. The molecular formula is C15H14BrN3O. The molecule has 4 nitrogen and oxygen atoms in total. The van der Waals surface area contributed by atoms with Gasteiger partial charge in [0.2, 0.25) is 5.88 Å². The maximum Gasteiger partial charge on any atom is 0.221 e. The number of hydrogen-bond acceptors (Lipinski definition) is 3. The van der Waals surface area contributed by atoms with E-state index in [0.717, 1.165) is 33.8 Å². The van der Waals surface area contributed by atoms with Crippen LogP contribution in [0.1, 0.15) is 11.3 Å². The monoisotopic (exact) mass is 331 g/mol. The molecule has 0 radical (unpaired) electrons. The molecule has 0 saturated heterocycles. The van der Waals surface area contributed by atoms with E-state index in [4.69, 9.17) is 4.74 Å². The van der Waals surface area contributed by atoms with Crippen LogP contribution in [0, 0.1) is 6.92 Å². The zero-order valence-electron chi connectivity index (χ0n) is 11.3. The summed E-state index contributed by atoms with van der Waals surface area (Å²) in [7, 11) is 1.88. The molecule has 0 spiro atoms. The second kappa shape index (κ2) is 5.25. The smallest absolute Gasteiger partial charge is 0.221 e. The van der Waals surface area contributed by atoms with Gasteiger partial charge in [0, 0.05) is 35.6 Å². The van der Waals surface area contributed by atoms with E-state index < -0.39 is 0 Å². The van der Waals surface area contributed by atoms with Crippen LogP contribution in [0.3, 0.4) is 0 Å². The number of pyridine rings is 1. The number of benzene rings is 1. The van der Waals surface area contributed by atoms with Gasteiger partial charge in [0.1, 0.15) is 5.75 Å². The van der Waals surface area contributed by atoms with Crippen LogP contribution in [0.15, 0.2) is 36.5 Å². The van der Waals surface area contributed by atoms with Crippen LogP contribution in [-0.2, 0) is 12.4 Å². The minimum Gasteiger partial charge on any atom is -0.439 e. The molecule has 0 aliphatic carbocycles. The summed E-state index contributed by atoms with van der Waals surface area (Å²) in [6, 6.07) is 9.86. The Kier molecular flexibility index (Phi) is 3.44. The van der Waals surface area contributed by atoms with E-state index in [1.54, 1.807) is 10.9 Å². The van der Waals surface area contributed by atoms with Gasteiger partial charge in [0.25, 0.3) is 0 Å². The molecule has 1 aromatic carbocycles. The number of hydrogen-bond donors (Lipinski definition) is 0. The molecule has 0 aliphatic heterocycles. The zero-order chi connectivity index (χ0) is 14.1. The third kappa shape index (κ3) is 2.29. The number of alkyl halides is 1. The lowest BCUT2D eigenvalue weighted by molar-refractivity contribution is 0.428. The van der Waals surface area contributed by atoms with Gasteiger partial charge in [-0.05, 0) is 25.1 Å². The highest BCUT2D eigenvalue weighted by Gasteiger charge is 2.14. The van der Waals surface area contributed by atoms with Crippen molar-refractivity contribution in [2.45, 2.75) is 12.3 Å². The first-order chi connectivity index (χ1) is 9.69. The fourth-order valence-corrected chi connectivity index (χ4v) is 2.83. The average molecular weight is 332 g/mol. The predicted octanol–water partition coefficient (Wildman–Crippen LogP) is 3.96. The Morgan fingerprint density at radius 2 is 2.15 bits per heavy atom. The maximum atomic E-state index is 5.99. The first-order valence-electron chi connectivity index (χ1n) is 6.30. The summed E-state index contributed by atoms with van der Waals surface area (Å²) >= 11 is 3.48. The van der Waals surface area contributed by atoms with Crippen molar-refractivity contribution in [1.82, 2.24) is 14.8 Å². The number of aromatic nitrogens is 3. The second-order valence-electron chi connectivity index (χ2n) is 4.59. The summed E-state index contributed by atoms with van der Waals surface area (Å²) in [6.07, 6.45) is 1.78. The topological polar surface area (TPSA) is 39.9 Å². The van der Waals surface area contributed by atoms with Crippen molar-refractivity contribution in [2.24, 2.45) is 7.05 Å². The molecule has 0 aliphatic rings. The van der Waals surface area contributed by atoms with Crippen molar-refractivity contribution in [1.29, 1.82) is 0 Å². The minimum atomic E-state index is 0.716. The molecule has 5 heteroatoms. The highest BCUT2D eigenvalue weighted by molar-refractivity contribution is 9.08. The molecular weight excluding hydrogens is 318 g/mol. The molecule has 0 amide bonds. The van der Waals surface area contributed by atoms with Crippen molar-refractivity contribution in [3.8, 4) is 11.6 Å². The van der Waals surface area contributed by atoms with E-state index >= 15 is 0 Å². The molecule has 3 aromatic rings. The maximum absolute atomic E-state index is 5.99. The van der Waals surface area contributed by atoms with E-state index in [-0.39, 0.29) is 0 Å². The van der Waals surface area contributed by atoms with Crippen LogP contribution < -0.4 is 4.74 Å². The van der Waals surface area contributed by atoms with Crippen LogP contribution in [0.4, 0.5) is 0 Å². The van der Waals surface area contributed by atoms with Gasteiger partial charge in [-0.3, -0.25) is 4.98 Å². The lowest BCUT2D eigenvalue weighted by Crippen LogP contribution is -1.96. The highest BCUT2D eigenvalue weighted by atomic mass is 79.9. The number of fused-ring (bicyclic) bond motifs is 1. The Hall–Kier alpha value is -1.88. The lowest BCUT2D eigenvalue weighted by Gasteiger charge is -2.08. The summed E-state index contributed by atoms with van der Waals surface area (Å²) in [4.78, 5) is 4.34. The first-order valence-corrected chi connectivity index (χ1v) is 7.42. The molecule has 0 unspecified atom stereocenters. The summed E-state index contributed by atoms with van der Waals surface area (Å²) in [5, 5.41) is 6.20. The largest absolute Gasteiger partial charge is 0.439 e. The summed E-state index contributed by atoms with van der Waals surface area (Å²) in [6.45, 7) is 1.98. The van der Waals surface area contributed by atoms with Gasteiger partial charge in [-0.1, -0.05) is 22.0 Å². The average Bonchev–Trinajstić information content (AvgIpc) is 2.72. The minimum absolute atomic E-state index is 0.716. The molecule has 3 rings (SSSR count). The van der Waals surface area contributed by atoms with Crippen LogP contribution in [0.5, 0.6) is 11.6 Å². The van der Waals surface area contributed by atoms with E-state index in [1.165, 1.54) is 0 Å². The third-order valence-corrected chi connectivity index (χ3v) is 3.78. The second-order valence-corrected chi connectivity index (χ2v) is 5.15. The van der Waals surface area contributed by atoms with Gasteiger partial charge in [0.15, 0.2) is 0 Å². The summed E-state index contributed by atoms with van der Waals surface area (Å²) in [5.74, 6) is 1.52. The molecule has 0 atom stereocenters. The number of ether oxygens (including phenoxy) is 1. The Labute approximate surface area is 125 Å². The van der Waals surface area contributed by atoms with Gasteiger partial charge in [-0.15, -0.1) is 0 Å². The van der Waals surface area contributed by atoms with Crippen LogP contribution >= 0.6 is 15.9 Å². The SMILES string of the molecule is Cc1nn(C)c(Oc2ccc3cccnc3c2)c1CBr. The molecule has 2 heterocycles. The van der Waals surface area contributed by atoms with E-state index in [0.29, 0.717) is 5.33 Å². The van der Waals surface area contributed by atoms with Crippen LogP contribution in [0.2, 0.25) is 0 Å². The number of rotatable bonds is 3. The standard InChI is InChI=1S/C15H14BrN3O/c1-10-13(9-16)15(19(2)18-10)20-12-6-5-11-4-3-7-17-14(11)8-12/h3-8H,9H2,1-2H3. The number of nitrogens with zero attached hydrogens (tertiary/aromatic N) is 3. The molecule has 2 aromatic heterocycles. The van der Waals surface area contributed by atoms with Crippen molar-refractivity contribution in [2.75, 3.05) is 0 Å². The first kappa shape index (κ1) is 13.1. The van der Waals surface area contributed by atoms with Gasteiger partial charge in [-0.2, -0.15) is 5.10 Å². The van der Waals surface area contributed by atoms with Crippen LogP contribution in [-0.4, -0.2) is 14.8 Å². The van der Waals surface area contributed by atoms with E-state index in [9.17, 15) is 0 Å². The van der Waals surface area contributed by atoms with Gasteiger partial charge in [0.05, 0.1) is 11.2 Å². The normalized spacial score (nSPS) is 10.9. The molecule has 20 heavy (non-hydrogen) atoms. The zero-order valence-corrected chi connectivity index (χ0v) is 12.9. The lowest BCUT2D eigenvalue weighted by atomic mass is 10.2.